The van der Waals surface area contributed by atoms with Crippen molar-refractivity contribution in [1.82, 2.24) is 10.2 Å². The lowest BCUT2D eigenvalue weighted by molar-refractivity contribution is -0.138. The smallest absolute Gasteiger partial charge is 0.326 e. The molecule has 1 aromatic carbocycles. The molecule has 0 saturated carbocycles. The molecule has 0 saturated heterocycles. The molecule has 0 radical (unpaired) electrons. The van der Waals surface area contributed by atoms with Gasteiger partial charge in [-0.05, 0) is 36.6 Å². The number of aromatic nitrogens is 2. The average Bonchev–Trinajstić information content (AvgIpc) is 2.94. The quantitative estimate of drug-likeness (QED) is 0.815. The zero-order valence-corrected chi connectivity index (χ0v) is 13.6. The first-order chi connectivity index (χ1) is 10.5. The summed E-state index contributed by atoms with van der Waals surface area (Å²) in [6.45, 7) is 3.97. The Balaban J connectivity index is 2.11. The number of hydrogen-bond donors (Lipinski definition) is 2. The molecule has 0 aliphatic heterocycles. The van der Waals surface area contributed by atoms with Gasteiger partial charge in [0.05, 0.1) is 7.11 Å². The van der Waals surface area contributed by atoms with Gasteiger partial charge in [0.2, 0.25) is 5.13 Å². The first kappa shape index (κ1) is 16.2. The Morgan fingerprint density at radius 1 is 1.32 bits per heavy atom. The molecule has 1 aromatic heterocycles. The molecule has 0 aliphatic carbocycles. The number of ether oxygens (including phenoxy) is 1. The standard InChI is InChI=1S/C15H19N3O3S/c1-9(2)8-12(14(19)20)16-15-18-17-13(22-15)10-4-6-11(21-3)7-5-10/h4-7,9,12H,8H2,1-3H3,(H,16,18)(H,19,20). The van der Waals surface area contributed by atoms with Gasteiger partial charge in [-0.25, -0.2) is 4.79 Å². The highest BCUT2D eigenvalue weighted by Gasteiger charge is 2.20. The number of carboxylic acid groups (broad SMARTS) is 1. The maximum atomic E-state index is 11.3. The third-order valence-corrected chi connectivity index (χ3v) is 3.97. The summed E-state index contributed by atoms with van der Waals surface area (Å²) in [6, 6.07) is 6.83. The van der Waals surface area contributed by atoms with Crippen molar-refractivity contribution in [2.24, 2.45) is 5.92 Å². The maximum absolute atomic E-state index is 11.3. The number of nitrogens with one attached hydrogen (secondary N) is 1. The van der Waals surface area contributed by atoms with E-state index in [0.29, 0.717) is 11.6 Å². The summed E-state index contributed by atoms with van der Waals surface area (Å²) >= 11 is 1.33. The van der Waals surface area contributed by atoms with E-state index in [1.807, 2.05) is 38.1 Å². The van der Waals surface area contributed by atoms with Gasteiger partial charge >= 0.3 is 5.97 Å². The fraction of sp³-hybridized carbons (Fsp3) is 0.400. The summed E-state index contributed by atoms with van der Waals surface area (Å²) in [7, 11) is 1.61. The van der Waals surface area contributed by atoms with Crippen molar-refractivity contribution in [1.29, 1.82) is 0 Å². The average molecular weight is 321 g/mol. The number of rotatable bonds is 7. The number of anilines is 1. The lowest BCUT2D eigenvalue weighted by atomic mass is 10.0. The number of aliphatic carboxylic acids is 1. The van der Waals surface area contributed by atoms with Crippen LogP contribution in [0.3, 0.4) is 0 Å². The van der Waals surface area contributed by atoms with E-state index in [9.17, 15) is 9.90 Å². The van der Waals surface area contributed by atoms with Crippen molar-refractivity contribution >= 4 is 22.4 Å². The highest BCUT2D eigenvalue weighted by atomic mass is 32.1. The van der Waals surface area contributed by atoms with Crippen LogP contribution in [0.1, 0.15) is 20.3 Å². The van der Waals surface area contributed by atoms with Crippen LogP contribution in [-0.2, 0) is 4.79 Å². The fourth-order valence-corrected chi connectivity index (χ4v) is 2.78. The van der Waals surface area contributed by atoms with Crippen LogP contribution in [0.4, 0.5) is 5.13 Å². The largest absolute Gasteiger partial charge is 0.497 e. The molecule has 1 atom stereocenters. The monoisotopic (exact) mass is 321 g/mol. The minimum absolute atomic E-state index is 0.280. The van der Waals surface area contributed by atoms with Gasteiger partial charge in [0, 0.05) is 5.56 Å². The first-order valence-corrected chi connectivity index (χ1v) is 7.78. The van der Waals surface area contributed by atoms with E-state index in [1.54, 1.807) is 7.11 Å². The van der Waals surface area contributed by atoms with Gasteiger partial charge in [0.25, 0.3) is 0 Å². The van der Waals surface area contributed by atoms with Gasteiger partial charge in [-0.1, -0.05) is 25.2 Å². The van der Waals surface area contributed by atoms with E-state index in [1.165, 1.54) is 11.3 Å². The highest BCUT2D eigenvalue weighted by Crippen LogP contribution is 2.28. The van der Waals surface area contributed by atoms with E-state index >= 15 is 0 Å². The molecule has 1 heterocycles. The van der Waals surface area contributed by atoms with Gasteiger partial charge in [0.15, 0.2) is 0 Å². The predicted octanol–water partition coefficient (Wildman–Crippen LogP) is 3.12. The Hall–Kier alpha value is -2.15. The molecule has 7 heteroatoms. The molecule has 118 valence electrons. The fourth-order valence-electron chi connectivity index (χ4n) is 1.97. The number of carboxylic acids is 1. The van der Waals surface area contributed by atoms with Crippen molar-refractivity contribution in [2.75, 3.05) is 12.4 Å². The second-order valence-electron chi connectivity index (χ2n) is 5.31. The summed E-state index contributed by atoms with van der Waals surface area (Å²) in [5.74, 6) is 0.173. The van der Waals surface area contributed by atoms with Gasteiger partial charge < -0.3 is 15.2 Å². The minimum atomic E-state index is -0.880. The van der Waals surface area contributed by atoms with E-state index in [-0.39, 0.29) is 5.92 Å². The number of methoxy groups -OCH3 is 1. The van der Waals surface area contributed by atoms with E-state index in [4.69, 9.17) is 4.74 Å². The molecular formula is C15H19N3O3S. The van der Waals surface area contributed by atoms with Crippen LogP contribution >= 0.6 is 11.3 Å². The van der Waals surface area contributed by atoms with Gasteiger partial charge in [-0.2, -0.15) is 0 Å². The molecule has 2 aromatic rings. The molecule has 0 spiro atoms. The topological polar surface area (TPSA) is 84.3 Å². The third kappa shape index (κ3) is 4.17. The van der Waals surface area contributed by atoms with Crippen LogP contribution in [0.2, 0.25) is 0 Å². The molecule has 0 amide bonds. The van der Waals surface area contributed by atoms with Crippen LogP contribution in [0.25, 0.3) is 10.6 Å². The zero-order valence-electron chi connectivity index (χ0n) is 12.7. The number of benzene rings is 1. The van der Waals surface area contributed by atoms with E-state index < -0.39 is 12.0 Å². The molecular weight excluding hydrogens is 302 g/mol. The summed E-state index contributed by atoms with van der Waals surface area (Å²) in [6.07, 6.45) is 0.535. The van der Waals surface area contributed by atoms with Gasteiger partial charge in [-0.15, -0.1) is 10.2 Å². The molecule has 1 unspecified atom stereocenters. The second kappa shape index (κ2) is 7.22. The van der Waals surface area contributed by atoms with Crippen LogP contribution in [0, 0.1) is 5.92 Å². The van der Waals surface area contributed by atoms with Crippen LogP contribution in [-0.4, -0.2) is 34.4 Å². The van der Waals surface area contributed by atoms with Crippen molar-refractivity contribution in [3.05, 3.63) is 24.3 Å². The zero-order chi connectivity index (χ0) is 16.1. The SMILES string of the molecule is COc1ccc(-c2nnc(NC(CC(C)C)C(=O)O)s2)cc1. The first-order valence-electron chi connectivity index (χ1n) is 6.97. The number of hydrogen-bond acceptors (Lipinski definition) is 6. The lowest BCUT2D eigenvalue weighted by Crippen LogP contribution is -2.30. The Morgan fingerprint density at radius 2 is 2.00 bits per heavy atom. The molecule has 0 aliphatic rings. The van der Waals surface area contributed by atoms with Crippen molar-refractivity contribution in [2.45, 2.75) is 26.3 Å². The van der Waals surface area contributed by atoms with Gasteiger partial charge in [0.1, 0.15) is 16.8 Å². The lowest BCUT2D eigenvalue weighted by Gasteiger charge is -2.14. The molecule has 2 N–H and O–H groups in total. The maximum Gasteiger partial charge on any atom is 0.326 e. The van der Waals surface area contributed by atoms with Crippen molar-refractivity contribution in [3.8, 4) is 16.3 Å². The Morgan fingerprint density at radius 3 is 2.55 bits per heavy atom. The molecule has 0 bridgehead atoms. The van der Waals surface area contributed by atoms with Crippen molar-refractivity contribution in [3.63, 3.8) is 0 Å². The predicted molar refractivity (Wildman–Crippen MR) is 86.4 cm³/mol. The Kier molecular flexibility index (Phi) is 5.32. The summed E-state index contributed by atoms with van der Waals surface area (Å²) in [5.41, 5.74) is 0.919. The van der Waals surface area contributed by atoms with Crippen LogP contribution < -0.4 is 10.1 Å². The Bertz CT molecular complexity index is 625. The normalized spacial score (nSPS) is 12.2. The molecule has 2 rings (SSSR count). The third-order valence-electron chi connectivity index (χ3n) is 3.06. The summed E-state index contributed by atoms with van der Waals surface area (Å²) in [4.78, 5) is 11.3. The molecule has 22 heavy (non-hydrogen) atoms. The molecule has 6 nitrogen and oxygen atoms in total. The second-order valence-corrected chi connectivity index (χ2v) is 6.28. The summed E-state index contributed by atoms with van der Waals surface area (Å²) < 4.78 is 5.12. The summed E-state index contributed by atoms with van der Waals surface area (Å²) in [5, 5.41) is 21.6. The van der Waals surface area contributed by atoms with Crippen LogP contribution in [0.5, 0.6) is 5.75 Å². The van der Waals surface area contributed by atoms with E-state index in [2.05, 4.69) is 15.5 Å². The van der Waals surface area contributed by atoms with Crippen molar-refractivity contribution < 1.29 is 14.6 Å². The highest BCUT2D eigenvalue weighted by molar-refractivity contribution is 7.18. The number of carbonyl (C=O) groups is 1. The molecule has 0 fully saturated rings. The number of nitrogens with zero attached hydrogens (tertiary/aromatic N) is 2. The Labute approximate surface area is 133 Å². The minimum Gasteiger partial charge on any atom is -0.497 e. The van der Waals surface area contributed by atoms with Gasteiger partial charge in [-0.3, -0.25) is 0 Å². The van der Waals surface area contributed by atoms with E-state index in [0.717, 1.165) is 16.3 Å². The van der Waals surface area contributed by atoms with Crippen LogP contribution in [0.15, 0.2) is 24.3 Å².